The van der Waals surface area contributed by atoms with Crippen molar-refractivity contribution < 1.29 is 4.21 Å². The molecule has 11 heavy (non-hydrogen) atoms. The number of thiophene rings is 1. The maximum absolute atomic E-state index is 10.4. The molecule has 5 heteroatoms. The molecule has 1 aromatic rings. The first kappa shape index (κ1) is 8.93. The molecule has 0 spiro atoms. The van der Waals surface area contributed by atoms with Crippen molar-refractivity contribution in [2.75, 3.05) is 0 Å². The van der Waals surface area contributed by atoms with Gasteiger partial charge in [0.2, 0.25) is 0 Å². The number of rotatable bonds is 2. The Morgan fingerprint density at radius 3 is 2.82 bits per heavy atom. The lowest BCUT2D eigenvalue weighted by Crippen LogP contribution is -1.95. The molecule has 2 N–H and O–H groups in total. The molecule has 1 atom stereocenters. The normalized spacial score (nSPS) is 14.0. The van der Waals surface area contributed by atoms with Crippen molar-refractivity contribution >= 4 is 40.0 Å². The van der Waals surface area contributed by atoms with Crippen molar-refractivity contribution in [1.29, 1.82) is 0 Å². The highest BCUT2D eigenvalue weighted by Gasteiger charge is 1.92. The Balaban J connectivity index is 2.71. The number of hydrogen-bond acceptors (Lipinski definition) is 2. The average molecular weight is 208 g/mol. The number of nitrogens with two attached hydrogens (primary N) is 1. The third-order valence-electron chi connectivity index (χ3n) is 0.960. The Hall–Kier alpha value is -0.160. The van der Waals surface area contributed by atoms with Crippen molar-refractivity contribution in [3.63, 3.8) is 0 Å². The summed E-state index contributed by atoms with van der Waals surface area (Å²) in [5.41, 5.74) is 0. The fraction of sp³-hybridized carbons (Fsp3) is 0. The van der Waals surface area contributed by atoms with Gasteiger partial charge in [0.25, 0.3) is 0 Å². The molecule has 0 fully saturated rings. The molecule has 0 aliphatic rings. The summed E-state index contributed by atoms with van der Waals surface area (Å²) in [7, 11) is -1.37. The minimum absolute atomic E-state index is 0.715. The van der Waals surface area contributed by atoms with Crippen LogP contribution in [0.1, 0.15) is 4.88 Å². The Morgan fingerprint density at radius 2 is 2.36 bits per heavy atom. The predicted molar refractivity (Wildman–Crippen MR) is 50.7 cm³/mol. The van der Waals surface area contributed by atoms with Crippen molar-refractivity contribution in [3.8, 4) is 0 Å². The number of halogens is 1. The molecule has 0 saturated carbocycles. The first-order chi connectivity index (χ1) is 5.18. The van der Waals surface area contributed by atoms with E-state index >= 15 is 0 Å². The Bertz CT molecular complexity index is 295. The second kappa shape index (κ2) is 4.01. The van der Waals surface area contributed by atoms with Crippen LogP contribution < -0.4 is 5.14 Å². The van der Waals surface area contributed by atoms with Gasteiger partial charge in [0.1, 0.15) is 11.0 Å². The van der Waals surface area contributed by atoms with E-state index < -0.39 is 11.0 Å². The van der Waals surface area contributed by atoms with E-state index in [1.54, 1.807) is 12.1 Å². The minimum Gasteiger partial charge on any atom is -0.248 e. The van der Waals surface area contributed by atoms with Crippen LogP contribution in [0.2, 0.25) is 4.34 Å². The second-order valence-electron chi connectivity index (χ2n) is 1.77. The highest BCUT2D eigenvalue weighted by Crippen LogP contribution is 2.22. The van der Waals surface area contributed by atoms with Crippen molar-refractivity contribution in [2.24, 2.45) is 5.14 Å². The van der Waals surface area contributed by atoms with Gasteiger partial charge in [-0.15, -0.1) is 11.3 Å². The Morgan fingerprint density at radius 1 is 1.64 bits per heavy atom. The molecule has 1 aromatic heterocycles. The molecule has 1 rings (SSSR count). The minimum atomic E-state index is -1.37. The van der Waals surface area contributed by atoms with Gasteiger partial charge in [-0.05, 0) is 18.2 Å². The monoisotopic (exact) mass is 207 g/mol. The van der Waals surface area contributed by atoms with Crippen LogP contribution in [-0.2, 0) is 11.0 Å². The van der Waals surface area contributed by atoms with Crippen LogP contribution in [0.3, 0.4) is 0 Å². The molecular formula is C6H6ClNOS2. The van der Waals surface area contributed by atoms with Gasteiger partial charge in [0.15, 0.2) is 0 Å². The summed E-state index contributed by atoms with van der Waals surface area (Å²) in [6.07, 6.45) is 1.69. The smallest absolute Gasteiger partial charge is 0.114 e. The summed E-state index contributed by atoms with van der Waals surface area (Å²) in [6, 6.07) is 3.63. The van der Waals surface area contributed by atoms with E-state index in [-0.39, 0.29) is 0 Å². The molecule has 1 unspecified atom stereocenters. The van der Waals surface area contributed by atoms with Crippen LogP contribution in [0.25, 0.3) is 6.08 Å². The third kappa shape index (κ3) is 3.16. The largest absolute Gasteiger partial charge is 0.248 e. The average Bonchev–Trinajstić information content (AvgIpc) is 2.31. The van der Waals surface area contributed by atoms with Crippen molar-refractivity contribution in [3.05, 3.63) is 26.8 Å². The fourth-order valence-electron chi connectivity index (χ4n) is 0.552. The van der Waals surface area contributed by atoms with E-state index in [9.17, 15) is 4.21 Å². The van der Waals surface area contributed by atoms with Crippen LogP contribution in [0.15, 0.2) is 17.5 Å². The Kier molecular flexibility index (Phi) is 3.26. The van der Waals surface area contributed by atoms with Gasteiger partial charge in [0, 0.05) is 10.3 Å². The van der Waals surface area contributed by atoms with Gasteiger partial charge >= 0.3 is 0 Å². The summed E-state index contributed by atoms with van der Waals surface area (Å²) in [5, 5.41) is 6.42. The van der Waals surface area contributed by atoms with Gasteiger partial charge in [-0.3, -0.25) is 0 Å². The number of hydrogen-bond donors (Lipinski definition) is 1. The van der Waals surface area contributed by atoms with E-state index in [1.807, 2.05) is 6.07 Å². The molecule has 1 heterocycles. The van der Waals surface area contributed by atoms with E-state index in [0.29, 0.717) is 4.34 Å². The molecule has 0 aromatic carbocycles. The molecule has 0 radical (unpaired) electrons. The van der Waals surface area contributed by atoms with Crippen LogP contribution in [0.5, 0.6) is 0 Å². The van der Waals surface area contributed by atoms with Crippen molar-refractivity contribution in [1.82, 2.24) is 0 Å². The third-order valence-corrected chi connectivity index (χ3v) is 2.56. The zero-order valence-electron chi connectivity index (χ0n) is 5.49. The summed E-state index contributed by atoms with van der Waals surface area (Å²) in [5.74, 6) is 0. The summed E-state index contributed by atoms with van der Waals surface area (Å²) in [6.45, 7) is 0. The zero-order valence-corrected chi connectivity index (χ0v) is 7.88. The lowest BCUT2D eigenvalue weighted by atomic mass is 10.5. The first-order valence-electron chi connectivity index (χ1n) is 2.77. The molecule has 0 saturated heterocycles. The van der Waals surface area contributed by atoms with Crippen LogP contribution >= 0.6 is 22.9 Å². The van der Waals surface area contributed by atoms with Gasteiger partial charge in [-0.2, -0.15) is 0 Å². The van der Waals surface area contributed by atoms with Crippen LogP contribution in [0.4, 0.5) is 0 Å². The molecule has 0 aliphatic carbocycles. The van der Waals surface area contributed by atoms with Crippen LogP contribution in [-0.4, -0.2) is 4.21 Å². The molecule has 60 valence electrons. The van der Waals surface area contributed by atoms with E-state index in [4.69, 9.17) is 16.7 Å². The molecular weight excluding hydrogens is 202 g/mol. The highest BCUT2D eigenvalue weighted by atomic mass is 35.5. The highest BCUT2D eigenvalue weighted by molar-refractivity contribution is 7.85. The SMILES string of the molecule is NS(=O)/C=C/c1ccc(Cl)s1. The predicted octanol–water partition coefficient (Wildman–Crippen LogP) is 1.99. The quantitative estimate of drug-likeness (QED) is 0.792. The maximum atomic E-state index is 10.4. The fourth-order valence-corrected chi connectivity index (χ4v) is 1.88. The standard InChI is InChI=1S/C6H6ClNOS2/c7-6-2-1-5(10-6)3-4-11(8)9/h1-4H,8H2/b4-3+. The van der Waals surface area contributed by atoms with Crippen molar-refractivity contribution in [2.45, 2.75) is 0 Å². The van der Waals surface area contributed by atoms with Crippen LogP contribution in [0, 0.1) is 0 Å². The Labute approximate surface area is 76.3 Å². The topological polar surface area (TPSA) is 43.1 Å². The lowest BCUT2D eigenvalue weighted by Gasteiger charge is -1.80. The van der Waals surface area contributed by atoms with E-state index in [0.717, 1.165) is 4.88 Å². The van der Waals surface area contributed by atoms with Gasteiger partial charge < -0.3 is 0 Å². The van der Waals surface area contributed by atoms with E-state index in [1.165, 1.54) is 16.7 Å². The lowest BCUT2D eigenvalue weighted by molar-refractivity contribution is 0.689. The molecule has 0 bridgehead atoms. The summed E-state index contributed by atoms with van der Waals surface area (Å²) >= 11 is 7.07. The second-order valence-corrected chi connectivity index (χ2v) is 4.45. The van der Waals surface area contributed by atoms with Gasteiger partial charge in [-0.25, -0.2) is 9.35 Å². The van der Waals surface area contributed by atoms with Gasteiger partial charge in [0.05, 0.1) is 4.34 Å². The molecule has 0 aliphatic heterocycles. The summed E-state index contributed by atoms with van der Waals surface area (Å²) < 4.78 is 11.1. The summed E-state index contributed by atoms with van der Waals surface area (Å²) in [4.78, 5) is 0.953. The zero-order chi connectivity index (χ0) is 8.27. The van der Waals surface area contributed by atoms with E-state index in [2.05, 4.69) is 0 Å². The van der Waals surface area contributed by atoms with Gasteiger partial charge in [-0.1, -0.05) is 11.6 Å². The molecule has 2 nitrogen and oxygen atoms in total. The first-order valence-corrected chi connectivity index (χ1v) is 5.24. The maximum Gasteiger partial charge on any atom is 0.114 e. The molecule has 0 amide bonds.